The molecule has 0 bridgehead atoms. The zero-order valence-electron chi connectivity index (χ0n) is 17.1. The number of anilines is 2. The van der Waals surface area contributed by atoms with E-state index in [0.29, 0.717) is 16.5 Å². The topological polar surface area (TPSA) is 81.7 Å². The molecule has 30 heavy (non-hydrogen) atoms. The van der Waals surface area contributed by atoms with Crippen molar-refractivity contribution in [2.24, 2.45) is 7.05 Å². The van der Waals surface area contributed by atoms with Crippen molar-refractivity contribution in [2.45, 2.75) is 19.9 Å². The molecule has 4 aromatic rings. The van der Waals surface area contributed by atoms with E-state index in [9.17, 15) is 0 Å². The molecule has 0 aliphatic rings. The Bertz CT molecular complexity index is 1200. The summed E-state index contributed by atoms with van der Waals surface area (Å²) in [5, 5.41) is 8.28. The Hall–Kier alpha value is -3.38. The summed E-state index contributed by atoms with van der Waals surface area (Å²) in [6, 6.07) is 15.9. The van der Waals surface area contributed by atoms with Crippen molar-refractivity contribution >= 4 is 23.1 Å². The van der Waals surface area contributed by atoms with Crippen molar-refractivity contribution in [2.75, 3.05) is 11.1 Å². The third-order valence-electron chi connectivity index (χ3n) is 4.92. The number of hydrogen-bond acceptors (Lipinski definition) is 5. The average Bonchev–Trinajstić information content (AvgIpc) is 3.16. The van der Waals surface area contributed by atoms with Crippen LogP contribution in [0.15, 0.2) is 60.9 Å². The van der Waals surface area contributed by atoms with Gasteiger partial charge in [-0.1, -0.05) is 35.9 Å². The number of hydrogen-bond donors (Lipinski definition) is 2. The largest absolute Gasteiger partial charge is 0.398 e. The molecule has 0 aliphatic carbocycles. The second kappa shape index (κ2) is 8.16. The highest BCUT2D eigenvalue weighted by molar-refractivity contribution is 6.33. The summed E-state index contributed by atoms with van der Waals surface area (Å²) in [6.07, 6.45) is 3.88. The summed E-state index contributed by atoms with van der Waals surface area (Å²) in [5.41, 5.74) is 11.6. The lowest BCUT2D eigenvalue weighted by molar-refractivity contribution is 0.768. The Kier molecular flexibility index (Phi) is 5.42. The Balaban J connectivity index is 1.60. The maximum absolute atomic E-state index is 6.05. The van der Waals surface area contributed by atoms with Gasteiger partial charge in [-0.25, -0.2) is 9.97 Å². The summed E-state index contributed by atoms with van der Waals surface area (Å²) >= 11 is 6.05. The SMILES string of the molecule is Cc1nc(NC(C)c2cccc(-c3cnn(C)c3)c2)cc(-c2ccc(Cl)c(N)c2)n1. The van der Waals surface area contributed by atoms with Crippen molar-refractivity contribution < 1.29 is 0 Å². The first-order chi connectivity index (χ1) is 14.4. The van der Waals surface area contributed by atoms with Crippen LogP contribution in [0.1, 0.15) is 24.4 Å². The van der Waals surface area contributed by atoms with E-state index < -0.39 is 0 Å². The van der Waals surface area contributed by atoms with Crippen LogP contribution < -0.4 is 11.1 Å². The van der Waals surface area contributed by atoms with Crippen LogP contribution in [0.2, 0.25) is 5.02 Å². The van der Waals surface area contributed by atoms with Crippen LogP contribution in [0.25, 0.3) is 22.4 Å². The summed E-state index contributed by atoms with van der Waals surface area (Å²) in [4.78, 5) is 9.11. The third kappa shape index (κ3) is 4.28. The molecule has 0 aliphatic heterocycles. The molecule has 0 fully saturated rings. The second-order valence-corrected chi connectivity index (χ2v) is 7.72. The van der Waals surface area contributed by atoms with Gasteiger partial charge in [0.2, 0.25) is 0 Å². The van der Waals surface area contributed by atoms with Gasteiger partial charge in [0.15, 0.2) is 0 Å². The lowest BCUT2D eigenvalue weighted by Gasteiger charge is -2.17. The van der Waals surface area contributed by atoms with Gasteiger partial charge in [0.1, 0.15) is 11.6 Å². The van der Waals surface area contributed by atoms with Crippen LogP contribution in [-0.2, 0) is 7.05 Å². The number of nitrogen functional groups attached to an aromatic ring is 1. The molecule has 0 amide bonds. The van der Waals surface area contributed by atoms with E-state index in [1.54, 1.807) is 10.7 Å². The number of nitrogens with two attached hydrogens (primary N) is 1. The minimum absolute atomic E-state index is 0.0547. The molecule has 0 radical (unpaired) electrons. The molecule has 2 heterocycles. The summed E-state index contributed by atoms with van der Waals surface area (Å²) in [7, 11) is 1.92. The monoisotopic (exact) mass is 418 g/mol. The molecule has 6 nitrogen and oxygen atoms in total. The molecule has 0 saturated heterocycles. The van der Waals surface area contributed by atoms with Gasteiger partial charge in [-0.3, -0.25) is 4.68 Å². The molecule has 3 N–H and O–H groups in total. The van der Waals surface area contributed by atoms with Gasteiger partial charge < -0.3 is 11.1 Å². The van der Waals surface area contributed by atoms with E-state index in [4.69, 9.17) is 17.3 Å². The van der Waals surface area contributed by atoms with Gasteiger partial charge in [-0.2, -0.15) is 5.10 Å². The Morgan fingerprint density at radius 2 is 1.87 bits per heavy atom. The smallest absolute Gasteiger partial charge is 0.130 e. The highest BCUT2D eigenvalue weighted by Gasteiger charge is 2.11. The molecule has 152 valence electrons. The minimum atomic E-state index is 0.0547. The molecular weight excluding hydrogens is 396 g/mol. The number of nitrogens with zero attached hydrogens (tertiary/aromatic N) is 4. The number of halogens is 1. The van der Waals surface area contributed by atoms with Gasteiger partial charge in [0, 0.05) is 36.5 Å². The second-order valence-electron chi connectivity index (χ2n) is 7.32. The molecule has 2 aromatic carbocycles. The molecule has 0 saturated carbocycles. The minimum Gasteiger partial charge on any atom is -0.398 e. The Morgan fingerprint density at radius 1 is 1.03 bits per heavy atom. The van der Waals surface area contributed by atoms with E-state index in [1.807, 2.05) is 44.6 Å². The van der Waals surface area contributed by atoms with Crippen molar-refractivity contribution in [1.82, 2.24) is 19.7 Å². The zero-order chi connectivity index (χ0) is 21.3. The van der Waals surface area contributed by atoms with Gasteiger partial charge >= 0.3 is 0 Å². The van der Waals surface area contributed by atoms with Gasteiger partial charge in [0.05, 0.1) is 22.6 Å². The van der Waals surface area contributed by atoms with E-state index in [2.05, 4.69) is 51.6 Å². The molecule has 4 rings (SSSR count). The van der Waals surface area contributed by atoms with Gasteiger partial charge in [-0.05, 0) is 43.2 Å². The van der Waals surface area contributed by atoms with E-state index >= 15 is 0 Å². The summed E-state index contributed by atoms with van der Waals surface area (Å²) < 4.78 is 1.80. The molecule has 0 spiro atoms. The zero-order valence-corrected chi connectivity index (χ0v) is 17.9. The summed E-state index contributed by atoms with van der Waals surface area (Å²) in [6.45, 7) is 3.99. The quantitative estimate of drug-likeness (QED) is 0.432. The maximum Gasteiger partial charge on any atom is 0.130 e. The number of rotatable bonds is 5. The predicted octanol–water partition coefficient (Wildman–Crippen LogP) is 5.26. The van der Waals surface area contributed by atoms with Crippen LogP contribution >= 0.6 is 11.6 Å². The normalized spacial score (nSPS) is 12.0. The van der Waals surface area contributed by atoms with E-state index in [-0.39, 0.29) is 6.04 Å². The number of aryl methyl sites for hydroxylation is 2. The fourth-order valence-corrected chi connectivity index (χ4v) is 3.47. The van der Waals surface area contributed by atoms with Crippen LogP contribution in [0.4, 0.5) is 11.5 Å². The van der Waals surface area contributed by atoms with Crippen molar-refractivity contribution in [3.8, 4) is 22.4 Å². The van der Waals surface area contributed by atoms with E-state index in [0.717, 1.165) is 33.8 Å². The summed E-state index contributed by atoms with van der Waals surface area (Å²) in [5.74, 6) is 1.44. The number of nitrogens with one attached hydrogen (secondary N) is 1. The van der Waals surface area contributed by atoms with Gasteiger partial charge in [0.25, 0.3) is 0 Å². The van der Waals surface area contributed by atoms with Crippen LogP contribution in [0.3, 0.4) is 0 Å². The Labute approximate surface area is 180 Å². The van der Waals surface area contributed by atoms with Crippen molar-refractivity contribution in [3.63, 3.8) is 0 Å². The van der Waals surface area contributed by atoms with Gasteiger partial charge in [-0.15, -0.1) is 0 Å². The lowest BCUT2D eigenvalue weighted by Crippen LogP contribution is -2.09. The highest BCUT2D eigenvalue weighted by Crippen LogP contribution is 2.28. The molecule has 7 heteroatoms. The fourth-order valence-electron chi connectivity index (χ4n) is 3.36. The van der Waals surface area contributed by atoms with Crippen LogP contribution in [0.5, 0.6) is 0 Å². The number of aromatic nitrogens is 4. The lowest BCUT2D eigenvalue weighted by atomic mass is 10.0. The first-order valence-corrected chi connectivity index (χ1v) is 10.0. The highest BCUT2D eigenvalue weighted by atomic mass is 35.5. The molecule has 1 atom stereocenters. The standard InChI is InChI=1S/C23H23ClN6/c1-14(16-5-4-6-17(9-16)19-12-26-30(3)13-19)27-23-11-22(28-15(2)29-23)18-7-8-20(24)21(25)10-18/h4-14H,25H2,1-3H3,(H,27,28,29). The first kappa shape index (κ1) is 19.9. The Morgan fingerprint density at radius 3 is 2.60 bits per heavy atom. The van der Waals surface area contributed by atoms with E-state index in [1.165, 1.54) is 0 Å². The first-order valence-electron chi connectivity index (χ1n) is 9.65. The van der Waals surface area contributed by atoms with Crippen molar-refractivity contribution in [1.29, 1.82) is 0 Å². The predicted molar refractivity (Wildman–Crippen MR) is 122 cm³/mol. The fraction of sp³-hybridized carbons (Fsp3) is 0.174. The van der Waals surface area contributed by atoms with Crippen LogP contribution in [0, 0.1) is 6.92 Å². The molecule has 1 unspecified atom stereocenters. The molecular formula is C23H23ClN6. The average molecular weight is 419 g/mol. The molecule has 2 aromatic heterocycles. The maximum atomic E-state index is 6.05. The van der Waals surface area contributed by atoms with Crippen LogP contribution in [-0.4, -0.2) is 19.7 Å². The number of benzene rings is 2. The van der Waals surface area contributed by atoms with Crippen molar-refractivity contribution in [3.05, 3.63) is 77.3 Å². The third-order valence-corrected chi connectivity index (χ3v) is 5.26.